The standard InChI is InChI=1S/C26H27FN6O4/c1-26(2,3)37-25(35)33(14-18-16-10-12-36-21(16)8-7-19(18)27)24-29-13-17(20(34)9-11-31(5)6)23-30-22(28-4)15-32(23)24/h7-9,11,13,15H,10,12,14H2,1-3,5-6H3/b11-9+. The van der Waals surface area contributed by atoms with Gasteiger partial charge in [-0.3, -0.25) is 9.20 Å². The molecule has 0 saturated carbocycles. The van der Waals surface area contributed by atoms with Crippen molar-refractivity contribution in [3.8, 4) is 5.75 Å². The Morgan fingerprint density at radius 1 is 1.32 bits per heavy atom. The molecule has 1 aliphatic rings. The van der Waals surface area contributed by atoms with Gasteiger partial charge in [0.15, 0.2) is 5.78 Å². The lowest BCUT2D eigenvalue weighted by Gasteiger charge is -2.27. The SMILES string of the molecule is [C-]#[N+]c1cn2c(N(Cc3c(F)ccc4c3CCO4)C(=O)OC(C)(C)C)ncc(C(=O)/C=C/N(C)C)c2n1. The summed E-state index contributed by atoms with van der Waals surface area (Å²) in [5, 5.41) is 0. The molecule has 1 aliphatic heterocycles. The van der Waals surface area contributed by atoms with Crippen molar-refractivity contribution in [3.05, 3.63) is 70.7 Å². The average molecular weight is 507 g/mol. The Morgan fingerprint density at radius 2 is 2.08 bits per heavy atom. The summed E-state index contributed by atoms with van der Waals surface area (Å²) in [6.45, 7) is 12.8. The van der Waals surface area contributed by atoms with Crippen LogP contribution in [0.5, 0.6) is 5.75 Å². The zero-order valence-electron chi connectivity index (χ0n) is 21.3. The second-order valence-corrected chi connectivity index (χ2v) is 9.69. The molecule has 1 amide bonds. The van der Waals surface area contributed by atoms with Crippen LogP contribution >= 0.6 is 0 Å². The first kappa shape index (κ1) is 25.6. The minimum absolute atomic E-state index is 0.00390. The minimum Gasteiger partial charge on any atom is -0.493 e. The maximum Gasteiger partial charge on any atom is 0.417 e. The van der Waals surface area contributed by atoms with Crippen LogP contribution in [0.15, 0.2) is 36.8 Å². The molecule has 4 rings (SSSR count). The first-order valence-corrected chi connectivity index (χ1v) is 11.6. The van der Waals surface area contributed by atoms with E-state index in [1.165, 1.54) is 33.8 Å². The van der Waals surface area contributed by atoms with Gasteiger partial charge in [-0.2, -0.15) is 0 Å². The van der Waals surface area contributed by atoms with Crippen LogP contribution in [0.25, 0.3) is 10.5 Å². The molecular weight excluding hydrogens is 479 g/mol. The van der Waals surface area contributed by atoms with E-state index >= 15 is 4.39 Å². The lowest BCUT2D eigenvalue weighted by molar-refractivity contribution is 0.0574. The van der Waals surface area contributed by atoms with Crippen LogP contribution in [-0.4, -0.2) is 57.4 Å². The number of ether oxygens (including phenoxy) is 2. The number of halogens is 1. The largest absolute Gasteiger partial charge is 0.493 e. The maximum atomic E-state index is 15.0. The second-order valence-electron chi connectivity index (χ2n) is 9.69. The zero-order valence-corrected chi connectivity index (χ0v) is 21.3. The molecule has 192 valence electrons. The van der Waals surface area contributed by atoms with E-state index < -0.39 is 17.5 Å². The smallest absolute Gasteiger partial charge is 0.417 e. The van der Waals surface area contributed by atoms with E-state index in [2.05, 4.69) is 14.8 Å². The number of carbonyl (C=O) groups excluding carboxylic acids is 2. The molecule has 0 radical (unpaired) electrons. The highest BCUT2D eigenvalue weighted by molar-refractivity contribution is 6.08. The van der Waals surface area contributed by atoms with Gasteiger partial charge in [0, 0.05) is 56.3 Å². The summed E-state index contributed by atoms with van der Waals surface area (Å²) < 4.78 is 27.6. The van der Waals surface area contributed by atoms with Crippen LogP contribution < -0.4 is 9.64 Å². The third kappa shape index (κ3) is 5.38. The average Bonchev–Trinajstić information content (AvgIpc) is 3.47. The maximum absolute atomic E-state index is 15.0. The van der Waals surface area contributed by atoms with Gasteiger partial charge in [0.05, 0.1) is 13.2 Å². The highest BCUT2D eigenvalue weighted by atomic mass is 19.1. The van der Waals surface area contributed by atoms with Gasteiger partial charge in [0.2, 0.25) is 11.6 Å². The molecule has 0 aliphatic carbocycles. The van der Waals surface area contributed by atoms with Gasteiger partial charge in [-0.05, 0) is 32.9 Å². The highest BCUT2D eigenvalue weighted by Crippen LogP contribution is 2.33. The first-order chi connectivity index (χ1) is 17.5. The molecule has 0 unspecified atom stereocenters. The van der Waals surface area contributed by atoms with Gasteiger partial charge >= 0.3 is 6.09 Å². The van der Waals surface area contributed by atoms with E-state index in [0.717, 1.165) is 0 Å². The fourth-order valence-corrected chi connectivity index (χ4v) is 3.86. The number of hydrogen-bond donors (Lipinski definition) is 0. The van der Waals surface area contributed by atoms with Crippen molar-refractivity contribution in [3.63, 3.8) is 0 Å². The molecule has 2 aromatic heterocycles. The molecule has 0 fully saturated rings. The van der Waals surface area contributed by atoms with Crippen LogP contribution in [0.3, 0.4) is 0 Å². The van der Waals surface area contributed by atoms with Crippen LogP contribution in [0, 0.1) is 12.4 Å². The van der Waals surface area contributed by atoms with Crippen molar-refractivity contribution in [2.45, 2.75) is 39.3 Å². The number of aromatic nitrogens is 3. The lowest BCUT2D eigenvalue weighted by Crippen LogP contribution is -2.38. The van der Waals surface area contributed by atoms with Crippen LogP contribution in [0.1, 0.15) is 42.3 Å². The van der Waals surface area contributed by atoms with Crippen molar-refractivity contribution in [2.24, 2.45) is 0 Å². The third-order valence-electron chi connectivity index (χ3n) is 5.47. The quantitative estimate of drug-likeness (QED) is 0.275. The van der Waals surface area contributed by atoms with Crippen LogP contribution in [0.2, 0.25) is 0 Å². The predicted molar refractivity (Wildman–Crippen MR) is 134 cm³/mol. The number of amides is 1. The van der Waals surface area contributed by atoms with Gasteiger partial charge in [0.25, 0.3) is 5.82 Å². The van der Waals surface area contributed by atoms with Crippen molar-refractivity contribution in [1.29, 1.82) is 0 Å². The molecule has 1 aromatic carbocycles. The molecule has 3 aromatic rings. The topological polar surface area (TPSA) is 93.6 Å². The number of fused-ring (bicyclic) bond motifs is 2. The van der Waals surface area contributed by atoms with E-state index in [-0.39, 0.29) is 40.9 Å². The van der Waals surface area contributed by atoms with E-state index in [0.29, 0.717) is 24.3 Å². The molecule has 0 atom stereocenters. The lowest BCUT2D eigenvalue weighted by atomic mass is 10.0. The van der Waals surface area contributed by atoms with Gasteiger partial charge in [0.1, 0.15) is 22.7 Å². The number of imidazole rings is 1. The van der Waals surface area contributed by atoms with E-state index in [9.17, 15) is 9.59 Å². The summed E-state index contributed by atoms with van der Waals surface area (Å²) >= 11 is 0. The number of hydrogen-bond acceptors (Lipinski definition) is 7. The normalized spacial score (nSPS) is 12.8. The fraction of sp³-hybridized carbons (Fsp3) is 0.346. The number of rotatable bonds is 6. The Balaban J connectivity index is 1.87. The summed E-state index contributed by atoms with van der Waals surface area (Å²) in [5.41, 5.74) is 0.368. The van der Waals surface area contributed by atoms with Gasteiger partial charge < -0.3 is 19.2 Å². The predicted octanol–water partition coefficient (Wildman–Crippen LogP) is 4.55. The molecule has 0 spiro atoms. The number of ketones is 1. The molecule has 0 bridgehead atoms. The molecule has 0 N–H and O–H groups in total. The van der Waals surface area contributed by atoms with Crippen molar-refractivity contribution < 1.29 is 23.5 Å². The first-order valence-electron chi connectivity index (χ1n) is 11.6. The zero-order chi connectivity index (χ0) is 26.9. The third-order valence-corrected chi connectivity index (χ3v) is 5.47. The highest BCUT2D eigenvalue weighted by Gasteiger charge is 2.31. The van der Waals surface area contributed by atoms with E-state index in [4.69, 9.17) is 16.0 Å². The number of anilines is 1. The van der Waals surface area contributed by atoms with Crippen molar-refractivity contribution in [2.75, 3.05) is 25.6 Å². The molecular formula is C26H27FN6O4. The monoisotopic (exact) mass is 506 g/mol. The number of allylic oxidation sites excluding steroid dienone is 1. The minimum atomic E-state index is -0.849. The Hall–Kier alpha value is -4.46. The second kappa shape index (κ2) is 9.89. The Kier molecular flexibility index (Phi) is 6.85. The Labute approximate surface area is 213 Å². The van der Waals surface area contributed by atoms with Crippen molar-refractivity contribution >= 4 is 29.3 Å². The number of carbonyl (C=O) groups is 2. The van der Waals surface area contributed by atoms with Crippen LogP contribution in [0.4, 0.5) is 21.0 Å². The van der Waals surface area contributed by atoms with Crippen LogP contribution in [-0.2, 0) is 17.7 Å². The molecule has 0 saturated heterocycles. The summed E-state index contributed by atoms with van der Waals surface area (Å²) in [7, 11) is 3.55. The molecule has 37 heavy (non-hydrogen) atoms. The van der Waals surface area contributed by atoms with Gasteiger partial charge in [-0.15, -0.1) is 0 Å². The molecule has 3 heterocycles. The van der Waals surface area contributed by atoms with Gasteiger partial charge in [-0.1, -0.05) is 11.6 Å². The number of benzene rings is 1. The molecule has 10 nitrogen and oxygen atoms in total. The Morgan fingerprint density at radius 3 is 2.76 bits per heavy atom. The summed E-state index contributed by atoms with van der Waals surface area (Å²) in [4.78, 5) is 41.2. The van der Waals surface area contributed by atoms with Crippen molar-refractivity contribution in [1.82, 2.24) is 19.3 Å². The summed E-state index contributed by atoms with van der Waals surface area (Å²) in [6, 6.07) is 2.86. The van der Waals surface area contributed by atoms with E-state index in [1.807, 2.05) is 0 Å². The number of nitrogens with zero attached hydrogens (tertiary/aromatic N) is 6. The fourth-order valence-electron chi connectivity index (χ4n) is 3.86. The molecule has 11 heteroatoms. The Bertz CT molecular complexity index is 1450. The van der Waals surface area contributed by atoms with E-state index in [1.54, 1.807) is 52.0 Å². The van der Waals surface area contributed by atoms with Gasteiger partial charge in [-0.25, -0.2) is 19.1 Å². The summed E-state index contributed by atoms with van der Waals surface area (Å²) in [5.74, 6) is -0.292. The summed E-state index contributed by atoms with van der Waals surface area (Å²) in [6.07, 6.45) is 5.33.